The molecule has 3 aliphatic rings. The van der Waals surface area contributed by atoms with Gasteiger partial charge in [0.1, 0.15) is 11.2 Å². The van der Waals surface area contributed by atoms with Gasteiger partial charge in [-0.15, -0.1) is 0 Å². The second kappa shape index (κ2) is 17.4. The summed E-state index contributed by atoms with van der Waals surface area (Å²) in [4.78, 5) is 2.46. The van der Waals surface area contributed by atoms with Crippen LogP contribution in [0.4, 0.5) is 17.1 Å². The number of furan rings is 1. The van der Waals surface area contributed by atoms with Gasteiger partial charge < -0.3 is 13.9 Å². The molecule has 2 aliphatic carbocycles. The van der Waals surface area contributed by atoms with Gasteiger partial charge in [0.25, 0.3) is 0 Å². The van der Waals surface area contributed by atoms with E-state index < -0.39 is 10.8 Å². The third-order valence-corrected chi connectivity index (χ3v) is 18.7. The minimum absolute atomic E-state index is 0.563. The van der Waals surface area contributed by atoms with Gasteiger partial charge in [-0.2, -0.15) is 0 Å². The maximum absolute atomic E-state index is 6.60. The van der Waals surface area contributed by atoms with Crippen molar-refractivity contribution < 1.29 is 4.42 Å². The van der Waals surface area contributed by atoms with Gasteiger partial charge in [0.2, 0.25) is 0 Å². The Balaban J connectivity index is 0.844. The smallest absolute Gasteiger partial charge is 0.143 e. The van der Waals surface area contributed by atoms with Gasteiger partial charge in [-0.05, 0) is 144 Å². The SMILES string of the molecule is c1ccc(C2(c3ccccc3)c3ccccc3-c3ccc(N(c4ccc(-c5cccc6c5oc5ccccc56)cc4)c4cccc(-c5ccc6c(c5)C5(c7ccccc7-6)c6ccccc6-n6c7ccccc7c7cccc5c76)c4)cc32)cc1. The van der Waals surface area contributed by atoms with Crippen LogP contribution >= 0.6 is 0 Å². The molecular formula is C80H50N2O. The Bertz CT molecular complexity index is 5120. The van der Waals surface area contributed by atoms with E-state index >= 15 is 0 Å². The molecule has 0 bridgehead atoms. The molecule has 2 aromatic heterocycles. The van der Waals surface area contributed by atoms with E-state index in [1.807, 2.05) is 6.07 Å². The fourth-order valence-electron chi connectivity index (χ4n) is 15.3. The molecule has 0 fully saturated rings. The number of para-hydroxylation sites is 5. The van der Waals surface area contributed by atoms with Gasteiger partial charge in [0.05, 0.1) is 27.6 Å². The van der Waals surface area contributed by atoms with Gasteiger partial charge in [0, 0.05) is 44.2 Å². The van der Waals surface area contributed by atoms with Gasteiger partial charge >= 0.3 is 0 Å². The Morgan fingerprint density at radius 1 is 0.289 bits per heavy atom. The quantitative estimate of drug-likeness (QED) is 0.159. The van der Waals surface area contributed by atoms with Crippen molar-refractivity contribution in [2.24, 2.45) is 0 Å². The third-order valence-electron chi connectivity index (χ3n) is 18.7. The van der Waals surface area contributed by atoms with Crippen LogP contribution in [0.15, 0.2) is 308 Å². The molecule has 0 N–H and O–H groups in total. The van der Waals surface area contributed by atoms with E-state index in [9.17, 15) is 0 Å². The van der Waals surface area contributed by atoms with E-state index in [2.05, 4.69) is 307 Å². The van der Waals surface area contributed by atoms with Crippen molar-refractivity contribution in [2.45, 2.75) is 10.8 Å². The first-order valence-corrected chi connectivity index (χ1v) is 28.8. The minimum Gasteiger partial charge on any atom is -0.455 e. The number of anilines is 3. The van der Waals surface area contributed by atoms with E-state index in [0.29, 0.717) is 0 Å². The molecule has 3 nitrogen and oxygen atoms in total. The van der Waals surface area contributed by atoms with Crippen LogP contribution in [0.3, 0.4) is 0 Å². The van der Waals surface area contributed by atoms with Crippen molar-refractivity contribution in [3.05, 3.63) is 348 Å². The van der Waals surface area contributed by atoms with E-state index in [1.54, 1.807) is 0 Å². The minimum atomic E-state index is -0.568. The number of hydrogen-bond acceptors (Lipinski definition) is 2. The Morgan fingerprint density at radius 2 is 0.807 bits per heavy atom. The Hall–Kier alpha value is -10.7. The fraction of sp³-hybridized carbons (Fsp3) is 0.0250. The Kier molecular flexibility index (Phi) is 9.64. The lowest BCUT2D eigenvalue weighted by molar-refractivity contribution is 0.670. The molecule has 1 spiro atoms. The van der Waals surface area contributed by atoms with Crippen molar-refractivity contribution in [3.8, 4) is 50.2 Å². The molecule has 13 aromatic carbocycles. The van der Waals surface area contributed by atoms with Crippen molar-refractivity contribution in [3.63, 3.8) is 0 Å². The lowest BCUT2D eigenvalue weighted by atomic mass is 9.65. The normalized spacial score (nSPS) is 14.9. The van der Waals surface area contributed by atoms with Crippen LogP contribution in [-0.2, 0) is 10.8 Å². The highest BCUT2D eigenvalue weighted by Gasteiger charge is 2.51. The zero-order chi connectivity index (χ0) is 54.4. The van der Waals surface area contributed by atoms with Crippen LogP contribution in [0.2, 0.25) is 0 Å². The van der Waals surface area contributed by atoms with E-state index in [0.717, 1.165) is 55.7 Å². The Morgan fingerprint density at radius 3 is 1.59 bits per heavy atom. The molecule has 1 aliphatic heterocycles. The highest BCUT2D eigenvalue weighted by Crippen LogP contribution is 2.62. The summed E-state index contributed by atoms with van der Waals surface area (Å²) in [7, 11) is 0. The third kappa shape index (κ3) is 6.23. The number of nitrogens with zero attached hydrogens (tertiary/aromatic N) is 2. The molecule has 3 heteroatoms. The largest absolute Gasteiger partial charge is 0.455 e. The molecule has 83 heavy (non-hydrogen) atoms. The van der Waals surface area contributed by atoms with Gasteiger partial charge in [-0.3, -0.25) is 0 Å². The molecule has 1 atom stereocenters. The predicted octanol–water partition coefficient (Wildman–Crippen LogP) is 20.5. The second-order valence-electron chi connectivity index (χ2n) is 22.6. The molecule has 0 saturated heterocycles. The maximum Gasteiger partial charge on any atom is 0.143 e. The van der Waals surface area contributed by atoms with Crippen molar-refractivity contribution >= 4 is 60.8 Å². The molecule has 1 unspecified atom stereocenters. The lowest BCUT2D eigenvalue weighted by Gasteiger charge is -2.39. The van der Waals surface area contributed by atoms with Gasteiger partial charge in [0.15, 0.2) is 0 Å². The van der Waals surface area contributed by atoms with Crippen LogP contribution in [0.5, 0.6) is 0 Å². The summed E-state index contributed by atoms with van der Waals surface area (Å²) in [6.07, 6.45) is 0. The fourth-order valence-corrected chi connectivity index (χ4v) is 15.3. The highest BCUT2D eigenvalue weighted by atomic mass is 16.3. The average Bonchev–Trinajstić information content (AvgIpc) is 1.65. The summed E-state index contributed by atoms with van der Waals surface area (Å²) >= 11 is 0. The number of benzene rings is 13. The lowest BCUT2D eigenvalue weighted by Crippen LogP contribution is -2.33. The molecule has 18 rings (SSSR count). The zero-order valence-corrected chi connectivity index (χ0v) is 45.2. The predicted molar refractivity (Wildman–Crippen MR) is 342 cm³/mol. The molecule has 3 heterocycles. The first kappa shape index (κ1) is 46.1. The molecule has 386 valence electrons. The van der Waals surface area contributed by atoms with E-state index in [-0.39, 0.29) is 0 Å². The topological polar surface area (TPSA) is 21.3 Å². The summed E-state index contributed by atoms with van der Waals surface area (Å²) in [5.74, 6) is 0. The average molecular weight is 1060 g/mol. The molecule has 15 aromatic rings. The second-order valence-corrected chi connectivity index (χ2v) is 22.6. The monoisotopic (exact) mass is 1050 g/mol. The number of aromatic nitrogens is 1. The summed E-state index contributed by atoms with van der Waals surface area (Å²) in [5.41, 5.74) is 27.4. The highest BCUT2D eigenvalue weighted by molar-refractivity contribution is 6.13. The van der Waals surface area contributed by atoms with Crippen LogP contribution in [0.1, 0.15) is 44.5 Å². The maximum atomic E-state index is 6.60. The summed E-state index contributed by atoms with van der Waals surface area (Å²) in [6, 6.07) is 113. The van der Waals surface area contributed by atoms with Crippen molar-refractivity contribution in [1.82, 2.24) is 4.57 Å². The summed E-state index contributed by atoms with van der Waals surface area (Å²) < 4.78 is 9.13. The number of hydrogen-bond donors (Lipinski definition) is 0. The van der Waals surface area contributed by atoms with Crippen LogP contribution in [0.25, 0.3) is 93.9 Å². The van der Waals surface area contributed by atoms with Crippen LogP contribution < -0.4 is 4.90 Å². The van der Waals surface area contributed by atoms with Gasteiger partial charge in [-0.25, -0.2) is 0 Å². The van der Waals surface area contributed by atoms with E-state index in [4.69, 9.17) is 4.42 Å². The molecular weight excluding hydrogens is 1000 g/mol. The van der Waals surface area contributed by atoms with Gasteiger partial charge in [-0.1, -0.05) is 243 Å². The molecule has 0 amide bonds. The standard InChI is InChI=1S/C80H50N2O/c1-3-21-54(22-4-1)79(55-23-5-2-6-24-55)68-33-11-7-26-60(68)63-47-45-58(50-73(63)79)81(56-43-40-51(41-44-56)59-30-18-32-67-65-29-10-16-39-76(65)83-78(59)67)57-25-17-20-52(48-57)53-42-46-62-61-27-8-12-34-69(61)80(72(62)49-53)70-35-13-15-38-75(70)82-74-37-14-9-28-64(74)66-31-19-36-71(80)77(66)82/h1-50H. The summed E-state index contributed by atoms with van der Waals surface area (Å²) in [6.45, 7) is 0. The summed E-state index contributed by atoms with van der Waals surface area (Å²) in [5, 5.41) is 4.80. The number of rotatable bonds is 7. The van der Waals surface area contributed by atoms with E-state index in [1.165, 1.54) is 99.8 Å². The zero-order valence-electron chi connectivity index (χ0n) is 45.2. The van der Waals surface area contributed by atoms with Crippen LogP contribution in [-0.4, -0.2) is 4.57 Å². The molecule has 0 saturated carbocycles. The van der Waals surface area contributed by atoms with Crippen molar-refractivity contribution in [2.75, 3.05) is 4.90 Å². The van der Waals surface area contributed by atoms with Crippen LogP contribution in [0, 0.1) is 0 Å². The molecule has 0 radical (unpaired) electrons. The first-order chi connectivity index (χ1) is 41.2. The Labute approximate surface area is 480 Å². The number of fused-ring (bicyclic) bond motifs is 18. The first-order valence-electron chi connectivity index (χ1n) is 28.8. The van der Waals surface area contributed by atoms with Crippen molar-refractivity contribution in [1.29, 1.82) is 0 Å².